The molecule has 0 radical (unpaired) electrons. The number of carboxylic acid groups (broad SMARTS) is 1. The molecular formula is C16H21NO3S. The molecule has 2 unspecified atom stereocenters. The van der Waals surface area contributed by atoms with E-state index < -0.39 is 5.97 Å². The summed E-state index contributed by atoms with van der Waals surface area (Å²) in [5.41, 5.74) is 1.33. The third-order valence-corrected chi connectivity index (χ3v) is 5.96. The van der Waals surface area contributed by atoms with Gasteiger partial charge in [-0.2, -0.15) is 0 Å². The quantitative estimate of drug-likeness (QED) is 0.899. The van der Waals surface area contributed by atoms with Crippen LogP contribution < -0.4 is 5.32 Å². The lowest BCUT2D eigenvalue weighted by molar-refractivity contribution is -0.142. The molecule has 4 nitrogen and oxygen atoms in total. The second-order valence-electron chi connectivity index (χ2n) is 6.11. The Morgan fingerprint density at radius 2 is 2.05 bits per heavy atom. The summed E-state index contributed by atoms with van der Waals surface area (Å²) in [6.45, 7) is 0.484. The van der Waals surface area contributed by atoms with E-state index in [1.54, 1.807) is 11.3 Å². The Morgan fingerprint density at radius 3 is 2.81 bits per heavy atom. The van der Waals surface area contributed by atoms with E-state index in [1.165, 1.54) is 23.3 Å². The van der Waals surface area contributed by atoms with E-state index in [9.17, 15) is 9.59 Å². The van der Waals surface area contributed by atoms with Crippen molar-refractivity contribution < 1.29 is 14.7 Å². The molecule has 0 saturated heterocycles. The molecule has 1 aromatic rings. The fourth-order valence-corrected chi connectivity index (χ4v) is 4.69. The maximum absolute atomic E-state index is 12.2. The van der Waals surface area contributed by atoms with E-state index in [0.29, 0.717) is 6.54 Å². The van der Waals surface area contributed by atoms with E-state index in [2.05, 4.69) is 5.32 Å². The van der Waals surface area contributed by atoms with Crippen molar-refractivity contribution in [2.75, 3.05) is 6.54 Å². The number of fused-ring (bicyclic) bond motifs is 1. The Morgan fingerprint density at radius 1 is 1.24 bits per heavy atom. The van der Waals surface area contributed by atoms with Gasteiger partial charge < -0.3 is 10.4 Å². The number of rotatable bonds is 4. The van der Waals surface area contributed by atoms with Crippen LogP contribution in [-0.2, 0) is 17.6 Å². The van der Waals surface area contributed by atoms with Gasteiger partial charge in [0.25, 0.3) is 5.91 Å². The molecule has 1 heterocycles. The number of hydrogen-bond acceptors (Lipinski definition) is 3. The van der Waals surface area contributed by atoms with E-state index in [1.807, 2.05) is 6.07 Å². The van der Waals surface area contributed by atoms with E-state index in [0.717, 1.165) is 37.0 Å². The van der Waals surface area contributed by atoms with Gasteiger partial charge in [-0.05, 0) is 56.1 Å². The van der Waals surface area contributed by atoms with Crippen LogP contribution in [0.15, 0.2) is 6.07 Å². The summed E-state index contributed by atoms with van der Waals surface area (Å²) >= 11 is 1.60. The van der Waals surface area contributed by atoms with Crippen LogP contribution in [0.2, 0.25) is 0 Å². The van der Waals surface area contributed by atoms with E-state index in [4.69, 9.17) is 5.11 Å². The molecule has 0 aromatic carbocycles. The Kier molecular flexibility index (Phi) is 4.29. The normalized spacial score (nSPS) is 24.6. The molecule has 2 aliphatic rings. The van der Waals surface area contributed by atoms with Gasteiger partial charge in [0.1, 0.15) is 0 Å². The van der Waals surface area contributed by atoms with Gasteiger partial charge in [-0.25, -0.2) is 0 Å². The fourth-order valence-electron chi connectivity index (χ4n) is 3.52. The zero-order valence-electron chi connectivity index (χ0n) is 12.1. The van der Waals surface area contributed by atoms with Crippen LogP contribution in [-0.4, -0.2) is 23.5 Å². The van der Waals surface area contributed by atoms with Crippen LogP contribution in [0.1, 0.15) is 52.2 Å². The number of carbonyl (C=O) groups excluding carboxylic acids is 1. The van der Waals surface area contributed by atoms with Gasteiger partial charge in [0, 0.05) is 11.4 Å². The lowest BCUT2D eigenvalue weighted by Gasteiger charge is -2.15. The predicted octanol–water partition coefficient (Wildman–Crippen LogP) is 2.86. The Labute approximate surface area is 128 Å². The lowest BCUT2D eigenvalue weighted by atomic mass is 9.96. The van der Waals surface area contributed by atoms with Crippen molar-refractivity contribution in [3.63, 3.8) is 0 Å². The molecule has 2 atom stereocenters. The maximum Gasteiger partial charge on any atom is 0.306 e. The molecule has 2 N–H and O–H groups in total. The highest BCUT2D eigenvalue weighted by molar-refractivity contribution is 7.14. The smallest absolute Gasteiger partial charge is 0.306 e. The van der Waals surface area contributed by atoms with Crippen LogP contribution in [0, 0.1) is 11.8 Å². The third-order valence-electron chi connectivity index (χ3n) is 4.72. The number of carboxylic acids is 1. The highest BCUT2D eigenvalue weighted by Gasteiger charge is 2.33. The summed E-state index contributed by atoms with van der Waals surface area (Å²) in [5, 5.41) is 12.1. The van der Waals surface area contributed by atoms with Crippen LogP contribution in [0.5, 0.6) is 0 Å². The van der Waals surface area contributed by atoms with E-state index >= 15 is 0 Å². The van der Waals surface area contributed by atoms with Crippen LogP contribution in [0.4, 0.5) is 0 Å². The standard InChI is InChI=1S/C16H21NO3S/c18-15(14-8-10-4-1-2-7-13(10)21-14)17-9-11-5-3-6-12(11)16(19)20/h8,11-12H,1-7,9H2,(H,17,18)(H,19,20). The van der Waals surface area contributed by atoms with Crippen molar-refractivity contribution >= 4 is 23.2 Å². The lowest BCUT2D eigenvalue weighted by Crippen LogP contribution is -2.32. The van der Waals surface area contributed by atoms with E-state index in [-0.39, 0.29) is 17.7 Å². The minimum absolute atomic E-state index is 0.0366. The fraction of sp³-hybridized carbons (Fsp3) is 0.625. The minimum atomic E-state index is -0.724. The predicted molar refractivity (Wildman–Crippen MR) is 81.8 cm³/mol. The number of thiophene rings is 1. The first-order chi connectivity index (χ1) is 10.1. The molecule has 114 valence electrons. The average molecular weight is 307 g/mol. The maximum atomic E-state index is 12.2. The SMILES string of the molecule is O=C(NCC1CCCC1C(=O)O)c1cc2c(s1)CCCC2. The zero-order valence-corrected chi connectivity index (χ0v) is 12.9. The molecule has 0 spiro atoms. The summed E-state index contributed by atoms with van der Waals surface area (Å²) in [4.78, 5) is 25.5. The van der Waals surface area contributed by atoms with Crippen molar-refractivity contribution in [2.45, 2.75) is 44.9 Å². The Balaban J connectivity index is 1.59. The number of aliphatic carboxylic acids is 1. The molecule has 0 bridgehead atoms. The van der Waals surface area contributed by atoms with Crippen LogP contribution in [0.3, 0.4) is 0 Å². The molecule has 1 saturated carbocycles. The molecule has 1 amide bonds. The molecule has 1 aromatic heterocycles. The second-order valence-corrected chi connectivity index (χ2v) is 7.25. The number of amides is 1. The zero-order chi connectivity index (χ0) is 14.8. The first-order valence-corrected chi connectivity index (χ1v) is 8.59. The largest absolute Gasteiger partial charge is 0.481 e. The van der Waals surface area contributed by atoms with Gasteiger partial charge >= 0.3 is 5.97 Å². The number of hydrogen-bond donors (Lipinski definition) is 2. The van der Waals surface area contributed by atoms with Gasteiger partial charge in [0.2, 0.25) is 0 Å². The first-order valence-electron chi connectivity index (χ1n) is 7.77. The number of aryl methyl sites for hydroxylation is 2. The number of nitrogens with one attached hydrogen (secondary N) is 1. The summed E-state index contributed by atoms with van der Waals surface area (Å²) < 4.78 is 0. The first kappa shape index (κ1) is 14.6. The summed E-state index contributed by atoms with van der Waals surface area (Å²) in [6, 6.07) is 2.03. The van der Waals surface area contributed by atoms with Gasteiger partial charge in [-0.15, -0.1) is 11.3 Å². The van der Waals surface area contributed by atoms with Crippen molar-refractivity contribution in [1.82, 2.24) is 5.32 Å². The highest BCUT2D eigenvalue weighted by Crippen LogP contribution is 2.32. The molecule has 21 heavy (non-hydrogen) atoms. The van der Waals surface area contributed by atoms with Crippen molar-refractivity contribution in [3.05, 3.63) is 21.4 Å². The topological polar surface area (TPSA) is 66.4 Å². The summed E-state index contributed by atoms with van der Waals surface area (Å²) in [6.07, 6.45) is 7.20. The van der Waals surface area contributed by atoms with Gasteiger partial charge in [0.05, 0.1) is 10.8 Å². The van der Waals surface area contributed by atoms with Crippen LogP contribution >= 0.6 is 11.3 Å². The van der Waals surface area contributed by atoms with Crippen molar-refractivity contribution in [2.24, 2.45) is 11.8 Å². The summed E-state index contributed by atoms with van der Waals surface area (Å²) in [5.74, 6) is -0.966. The average Bonchev–Trinajstić information content (AvgIpc) is 3.10. The minimum Gasteiger partial charge on any atom is -0.481 e. The Bertz CT molecular complexity index is 528. The second kappa shape index (κ2) is 6.18. The highest BCUT2D eigenvalue weighted by atomic mass is 32.1. The molecule has 2 aliphatic carbocycles. The van der Waals surface area contributed by atoms with Crippen molar-refractivity contribution in [3.8, 4) is 0 Å². The third kappa shape index (κ3) is 3.12. The Hall–Kier alpha value is -1.36. The molecule has 3 rings (SSSR count). The van der Waals surface area contributed by atoms with Crippen molar-refractivity contribution in [1.29, 1.82) is 0 Å². The van der Waals surface area contributed by atoms with Gasteiger partial charge in [-0.1, -0.05) is 6.42 Å². The molecular weight excluding hydrogens is 286 g/mol. The van der Waals surface area contributed by atoms with Gasteiger partial charge in [0.15, 0.2) is 0 Å². The van der Waals surface area contributed by atoms with Crippen LogP contribution in [0.25, 0.3) is 0 Å². The molecule has 1 fully saturated rings. The molecule has 0 aliphatic heterocycles. The monoisotopic (exact) mass is 307 g/mol. The van der Waals surface area contributed by atoms with Gasteiger partial charge in [-0.3, -0.25) is 9.59 Å². The summed E-state index contributed by atoms with van der Waals surface area (Å²) in [7, 11) is 0. The molecule has 5 heteroatoms. The number of carbonyl (C=O) groups is 2.